The summed E-state index contributed by atoms with van der Waals surface area (Å²) in [5.41, 5.74) is 6.87. The second-order valence-electron chi connectivity index (χ2n) is 2.53. The van der Waals surface area contributed by atoms with Crippen molar-refractivity contribution >= 4 is 5.69 Å². The Balaban J connectivity index is 2.58. The van der Waals surface area contributed by atoms with E-state index in [1.165, 1.54) is 0 Å². The summed E-state index contributed by atoms with van der Waals surface area (Å²) in [4.78, 5) is 13.1. The Morgan fingerprint density at radius 2 is 2.15 bits per heavy atom. The normalized spacial score (nSPS) is 10.2. The molecule has 0 saturated carbocycles. The van der Waals surface area contributed by atoms with Gasteiger partial charge in [0.2, 0.25) is 0 Å². The van der Waals surface area contributed by atoms with Gasteiger partial charge in [0, 0.05) is 11.3 Å². The molecule has 66 valence electrons. The molecule has 1 aromatic heterocycles. The third-order valence-electron chi connectivity index (χ3n) is 1.66. The second kappa shape index (κ2) is 2.78. The highest BCUT2D eigenvalue weighted by Crippen LogP contribution is 2.20. The predicted molar refractivity (Wildman–Crippen MR) is 47.0 cm³/mol. The molecule has 1 aromatic carbocycles. The summed E-state index contributed by atoms with van der Waals surface area (Å²) in [7, 11) is 0. The lowest BCUT2D eigenvalue weighted by atomic mass is 10.2. The van der Waals surface area contributed by atoms with Crippen molar-refractivity contribution in [2.45, 2.75) is 0 Å². The lowest BCUT2D eigenvalue weighted by Gasteiger charge is -1.98. The van der Waals surface area contributed by atoms with Gasteiger partial charge in [-0.3, -0.25) is 9.51 Å². The van der Waals surface area contributed by atoms with Gasteiger partial charge >= 0.3 is 5.76 Å². The van der Waals surface area contributed by atoms with Crippen molar-refractivity contribution in [3.05, 3.63) is 34.8 Å². The van der Waals surface area contributed by atoms with E-state index in [4.69, 9.17) is 5.73 Å². The Hall–Kier alpha value is -2.04. The summed E-state index contributed by atoms with van der Waals surface area (Å²) < 4.78 is 4.36. The molecule has 0 aliphatic heterocycles. The molecule has 0 radical (unpaired) electrons. The number of nitrogens with two attached hydrogens (primary N) is 1. The fourth-order valence-electron chi connectivity index (χ4n) is 1.06. The van der Waals surface area contributed by atoms with Gasteiger partial charge in [-0.05, 0) is 12.1 Å². The predicted octanol–water partition coefficient (Wildman–Crippen LogP) is 0.612. The molecule has 5 nitrogen and oxygen atoms in total. The fraction of sp³-hybridized carbons (Fsp3) is 0. The smallest absolute Gasteiger partial charge is 0.398 e. The van der Waals surface area contributed by atoms with Crippen molar-refractivity contribution < 1.29 is 4.52 Å². The molecule has 13 heavy (non-hydrogen) atoms. The maximum Gasteiger partial charge on any atom is 0.439 e. The van der Waals surface area contributed by atoms with Crippen molar-refractivity contribution in [2.24, 2.45) is 0 Å². The molecule has 3 N–H and O–H groups in total. The molecule has 0 aliphatic rings. The third-order valence-corrected chi connectivity index (χ3v) is 1.66. The minimum absolute atomic E-state index is 0.350. The monoisotopic (exact) mass is 177 g/mol. The molecule has 0 bridgehead atoms. The van der Waals surface area contributed by atoms with Crippen molar-refractivity contribution in [1.29, 1.82) is 0 Å². The van der Waals surface area contributed by atoms with Gasteiger partial charge < -0.3 is 5.73 Å². The summed E-state index contributed by atoms with van der Waals surface area (Å²) in [6.07, 6.45) is 0. The van der Waals surface area contributed by atoms with Crippen LogP contribution in [0.5, 0.6) is 0 Å². The molecule has 2 aromatic rings. The lowest BCUT2D eigenvalue weighted by Crippen LogP contribution is -1.96. The maximum atomic E-state index is 10.6. The number of aromatic amines is 1. The molecule has 0 spiro atoms. The second-order valence-corrected chi connectivity index (χ2v) is 2.53. The molecular formula is C8H7N3O2. The van der Waals surface area contributed by atoms with Crippen LogP contribution in [0.1, 0.15) is 0 Å². The molecule has 2 rings (SSSR count). The van der Waals surface area contributed by atoms with Crippen LogP contribution in [-0.2, 0) is 0 Å². The number of aromatic nitrogens is 2. The SMILES string of the molecule is Nc1ccccc1-c1noc(=O)[nH]1. The van der Waals surface area contributed by atoms with E-state index < -0.39 is 5.76 Å². The van der Waals surface area contributed by atoms with Crippen molar-refractivity contribution in [1.82, 2.24) is 10.1 Å². The number of anilines is 1. The Morgan fingerprint density at radius 3 is 2.77 bits per heavy atom. The first kappa shape index (κ1) is 7.60. The number of para-hydroxylation sites is 1. The van der Waals surface area contributed by atoms with Crippen molar-refractivity contribution in [3.63, 3.8) is 0 Å². The number of H-pyrrole nitrogens is 1. The van der Waals surface area contributed by atoms with E-state index in [0.29, 0.717) is 17.1 Å². The first-order valence-electron chi connectivity index (χ1n) is 3.68. The van der Waals surface area contributed by atoms with Gasteiger partial charge in [-0.1, -0.05) is 17.3 Å². The lowest BCUT2D eigenvalue weighted by molar-refractivity contribution is 0.388. The van der Waals surface area contributed by atoms with Gasteiger partial charge in [-0.25, -0.2) is 4.79 Å². The topological polar surface area (TPSA) is 84.9 Å². The largest absolute Gasteiger partial charge is 0.439 e. The van der Waals surface area contributed by atoms with Crippen molar-refractivity contribution in [3.8, 4) is 11.4 Å². The van der Waals surface area contributed by atoms with Gasteiger partial charge in [0.1, 0.15) is 0 Å². The number of nitrogens with zero attached hydrogens (tertiary/aromatic N) is 1. The molecule has 0 unspecified atom stereocenters. The Morgan fingerprint density at radius 1 is 1.38 bits per heavy atom. The van der Waals surface area contributed by atoms with Crippen LogP contribution in [0.15, 0.2) is 33.6 Å². The van der Waals surface area contributed by atoms with E-state index in [0.717, 1.165) is 0 Å². The minimum Gasteiger partial charge on any atom is -0.398 e. The highest BCUT2D eigenvalue weighted by Gasteiger charge is 2.05. The molecular weight excluding hydrogens is 170 g/mol. The molecule has 0 aliphatic carbocycles. The van der Waals surface area contributed by atoms with Gasteiger partial charge in [0.15, 0.2) is 5.82 Å². The first-order chi connectivity index (χ1) is 6.27. The zero-order valence-electron chi connectivity index (χ0n) is 6.65. The number of nitrogens with one attached hydrogen (secondary N) is 1. The zero-order valence-corrected chi connectivity index (χ0v) is 6.65. The number of nitrogen functional groups attached to an aromatic ring is 1. The average molecular weight is 177 g/mol. The van der Waals surface area contributed by atoms with Crippen LogP contribution in [0.3, 0.4) is 0 Å². The van der Waals surface area contributed by atoms with Crippen LogP contribution in [0.25, 0.3) is 11.4 Å². The molecule has 1 heterocycles. The highest BCUT2D eigenvalue weighted by atomic mass is 16.5. The summed E-state index contributed by atoms with van der Waals surface area (Å²) in [6.45, 7) is 0. The van der Waals surface area contributed by atoms with Gasteiger partial charge in [0.05, 0.1) is 0 Å². The third kappa shape index (κ3) is 1.31. The van der Waals surface area contributed by atoms with Crippen LogP contribution < -0.4 is 11.5 Å². The first-order valence-corrected chi connectivity index (χ1v) is 3.68. The molecule has 0 fully saturated rings. The molecule has 0 atom stereocenters. The Labute approximate surface area is 73.2 Å². The van der Waals surface area contributed by atoms with E-state index in [2.05, 4.69) is 14.7 Å². The van der Waals surface area contributed by atoms with Gasteiger partial charge in [-0.2, -0.15) is 0 Å². The molecule has 0 saturated heterocycles. The molecule has 0 amide bonds. The summed E-state index contributed by atoms with van der Waals surface area (Å²) in [6, 6.07) is 7.08. The average Bonchev–Trinajstić information content (AvgIpc) is 2.53. The van der Waals surface area contributed by atoms with E-state index in [9.17, 15) is 4.79 Å². The zero-order chi connectivity index (χ0) is 9.26. The summed E-state index contributed by atoms with van der Waals surface area (Å²) >= 11 is 0. The maximum absolute atomic E-state index is 10.6. The van der Waals surface area contributed by atoms with E-state index >= 15 is 0 Å². The minimum atomic E-state index is -0.585. The van der Waals surface area contributed by atoms with Crippen molar-refractivity contribution in [2.75, 3.05) is 5.73 Å². The van der Waals surface area contributed by atoms with Crippen LogP contribution in [-0.4, -0.2) is 10.1 Å². The Kier molecular flexibility index (Phi) is 1.63. The van der Waals surface area contributed by atoms with E-state index in [1.54, 1.807) is 24.3 Å². The number of rotatable bonds is 1. The standard InChI is InChI=1S/C8H7N3O2/c9-6-4-2-1-3-5(6)7-10-8(12)13-11-7/h1-4H,9H2,(H,10,11,12). The number of hydrogen-bond acceptors (Lipinski definition) is 4. The molecule has 5 heteroatoms. The van der Waals surface area contributed by atoms with Crippen LogP contribution in [0.2, 0.25) is 0 Å². The van der Waals surface area contributed by atoms with E-state index in [1.807, 2.05) is 0 Å². The van der Waals surface area contributed by atoms with Crippen LogP contribution in [0.4, 0.5) is 5.69 Å². The Bertz CT molecular complexity index is 472. The quantitative estimate of drug-likeness (QED) is 0.625. The van der Waals surface area contributed by atoms with Crippen LogP contribution in [0, 0.1) is 0 Å². The highest BCUT2D eigenvalue weighted by molar-refractivity contribution is 5.70. The number of benzene rings is 1. The number of hydrogen-bond donors (Lipinski definition) is 2. The van der Waals surface area contributed by atoms with Gasteiger partial charge in [0.25, 0.3) is 0 Å². The summed E-state index contributed by atoms with van der Waals surface area (Å²) in [5.74, 6) is -0.235. The summed E-state index contributed by atoms with van der Waals surface area (Å²) in [5, 5.41) is 3.52. The van der Waals surface area contributed by atoms with E-state index in [-0.39, 0.29) is 0 Å². The van der Waals surface area contributed by atoms with Gasteiger partial charge in [-0.15, -0.1) is 0 Å². The van der Waals surface area contributed by atoms with Crippen LogP contribution >= 0.6 is 0 Å². The fourth-order valence-corrected chi connectivity index (χ4v) is 1.06.